The van der Waals surface area contributed by atoms with Crippen molar-refractivity contribution in [3.63, 3.8) is 0 Å². The predicted octanol–water partition coefficient (Wildman–Crippen LogP) is 5.52. The number of carbonyl (C=O) groups excluding carboxylic acids is 3. The van der Waals surface area contributed by atoms with Gasteiger partial charge in [0.25, 0.3) is 0 Å². The first-order valence-corrected chi connectivity index (χ1v) is 14.6. The second kappa shape index (κ2) is 13.1. The summed E-state index contributed by atoms with van der Waals surface area (Å²) in [4.78, 5) is 53.7. The lowest BCUT2D eigenvalue weighted by Gasteiger charge is -2.32. The number of unbranched alkanes of at least 4 members (excludes halogenated alkanes) is 1. The Kier molecular flexibility index (Phi) is 9.56. The smallest absolute Gasteiger partial charge is 0.303 e. The van der Waals surface area contributed by atoms with Crippen LogP contribution in [0.4, 0.5) is 5.69 Å². The maximum Gasteiger partial charge on any atom is 0.303 e. The fourth-order valence-electron chi connectivity index (χ4n) is 5.36. The van der Waals surface area contributed by atoms with Crippen molar-refractivity contribution in [1.82, 2.24) is 9.47 Å². The monoisotopic (exact) mass is 551 g/mol. The molecule has 1 aromatic carbocycles. The Morgan fingerprint density at radius 1 is 1.05 bits per heavy atom. The molecule has 208 valence electrons. The number of piperidine rings is 1. The largest absolute Gasteiger partial charge is 0.481 e. The number of anilines is 1. The molecule has 0 bridgehead atoms. The third-order valence-electron chi connectivity index (χ3n) is 7.51. The molecular formula is C30H37N3O5S. The maximum atomic E-state index is 13.5. The van der Waals surface area contributed by atoms with Crippen molar-refractivity contribution in [3.05, 3.63) is 53.0 Å². The summed E-state index contributed by atoms with van der Waals surface area (Å²) in [7, 11) is 0. The molecule has 0 unspecified atom stereocenters. The number of carbonyl (C=O) groups is 4. The number of carboxylic acid groups (broad SMARTS) is 1. The first kappa shape index (κ1) is 28.5. The Morgan fingerprint density at radius 2 is 1.79 bits per heavy atom. The van der Waals surface area contributed by atoms with Crippen molar-refractivity contribution in [3.8, 4) is 0 Å². The van der Waals surface area contributed by atoms with Crippen LogP contribution in [-0.4, -0.2) is 57.8 Å². The molecule has 9 heteroatoms. The fraction of sp³-hybridized carbons (Fsp3) is 0.467. The molecule has 1 aliphatic rings. The summed E-state index contributed by atoms with van der Waals surface area (Å²) in [5, 5.41) is 10.7. The molecule has 0 spiro atoms. The minimum absolute atomic E-state index is 0.0308. The number of ketones is 1. The molecule has 2 aromatic heterocycles. The molecule has 3 heterocycles. The van der Waals surface area contributed by atoms with E-state index < -0.39 is 5.97 Å². The number of benzene rings is 1. The van der Waals surface area contributed by atoms with Gasteiger partial charge in [0, 0.05) is 44.6 Å². The van der Waals surface area contributed by atoms with Crippen LogP contribution in [-0.2, 0) is 20.9 Å². The summed E-state index contributed by atoms with van der Waals surface area (Å²) >= 11 is 1.56. The van der Waals surface area contributed by atoms with E-state index >= 15 is 0 Å². The van der Waals surface area contributed by atoms with E-state index in [1.54, 1.807) is 16.2 Å². The molecule has 0 radical (unpaired) electrons. The lowest BCUT2D eigenvalue weighted by Crippen LogP contribution is -2.39. The SMILES string of the molecule is CCN(C(=O)Cn1c(C(=O)CC2CCN(C(=O)CCCCC(=O)O)CC2)cc2sccc21)c1cccc(C)c1. The van der Waals surface area contributed by atoms with E-state index in [1.165, 1.54) is 0 Å². The molecule has 39 heavy (non-hydrogen) atoms. The van der Waals surface area contributed by atoms with Gasteiger partial charge in [-0.2, -0.15) is 0 Å². The van der Waals surface area contributed by atoms with Crippen LogP contribution < -0.4 is 4.90 Å². The molecule has 0 saturated carbocycles. The summed E-state index contributed by atoms with van der Waals surface area (Å²) in [6.45, 7) is 5.82. The van der Waals surface area contributed by atoms with E-state index in [4.69, 9.17) is 5.11 Å². The number of carboxylic acids is 1. The summed E-state index contributed by atoms with van der Waals surface area (Å²) in [6.07, 6.45) is 3.45. The van der Waals surface area contributed by atoms with Gasteiger partial charge in [-0.05, 0) is 80.7 Å². The van der Waals surface area contributed by atoms with Gasteiger partial charge in [-0.25, -0.2) is 0 Å². The number of hydrogen-bond donors (Lipinski definition) is 1. The maximum absolute atomic E-state index is 13.5. The zero-order valence-corrected chi connectivity index (χ0v) is 23.5. The van der Waals surface area contributed by atoms with E-state index in [-0.39, 0.29) is 36.5 Å². The van der Waals surface area contributed by atoms with Crippen LogP contribution in [0.2, 0.25) is 0 Å². The third-order valence-corrected chi connectivity index (χ3v) is 8.36. The van der Waals surface area contributed by atoms with Gasteiger partial charge in [0.2, 0.25) is 11.8 Å². The van der Waals surface area contributed by atoms with E-state index in [0.717, 1.165) is 34.3 Å². The number of likely N-dealkylation sites (tertiary alicyclic amines) is 1. The average molecular weight is 552 g/mol. The first-order chi connectivity index (χ1) is 18.8. The van der Waals surface area contributed by atoms with Gasteiger partial charge in [0.05, 0.1) is 15.9 Å². The third kappa shape index (κ3) is 7.15. The van der Waals surface area contributed by atoms with Crippen molar-refractivity contribution < 1.29 is 24.3 Å². The van der Waals surface area contributed by atoms with Crippen LogP contribution in [0.15, 0.2) is 41.8 Å². The van der Waals surface area contributed by atoms with E-state index in [1.807, 2.05) is 65.1 Å². The highest BCUT2D eigenvalue weighted by Crippen LogP contribution is 2.29. The Balaban J connectivity index is 1.38. The summed E-state index contributed by atoms with van der Waals surface area (Å²) in [5.74, 6) is -0.617. The topological polar surface area (TPSA) is 99.9 Å². The Labute approximate surface area is 233 Å². The molecule has 3 aromatic rings. The van der Waals surface area contributed by atoms with Crippen molar-refractivity contribution in [2.45, 2.75) is 65.3 Å². The molecule has 1 fully saturated rings. The quantitative estimate of drug-likeness (QED) is 0.236. The summed E-state index contributed by atoms with van der Waals surface area (Å²) < 4.78 is 2.86. The lowest BCUT2D eigenvalue weighted by molar-refractivity contribution is -0.137. The number of aromatic nitrogens is 1. The van der Waals surface area contributed by atoms with Crippen LogP contribution >= 0.6 is 11.3 Å². The minimum atomic E-state index is -0.836. The normalized spacial score (nSPS) is 14.1. The Hall–Kier alpha value is -3.46. The number of rotatable bonds is 12. The second-order valence-electron chi connectivity index (χ2n) is 10.3. The molecule has 8 nitrogen and oxygen atoms in total. The van der Waals surface area contributed by atoms with Crippen LogP contribution in [0.5, 0.6) is 0 Å². The summed E-state index contributed by atoms with van der Waals surface area (Å²) in [6, 6.07) is 11.8. The highest BCUT2D eigenvalue weighted by molar-refractivity contribution is 7.17. The number of Topliss-reactive ketones (excluding diaryl/α,β-unsaturated/α-hetero) is 1. The first-order valence-electron chi connectivity index (χ1n) is 13.7. The minimum Gasteiger partial charge on any atom is -0.481 e. The number of aliphatic carboxylic acids is 1. The predicted molar refractivity (Wildman–Crippen MR) is 153 cm³/mol. The molecule has 1 aliphatic heterocycles. The number of amides is 2. The van der Waals surface area contributed by atoms with E-state index in [9.17, 15) is 19.2 Å². The zero-order valence-electron chi connectivity index (χ0n) is 22.7. The van der Waals surface area contributed by atoms with Crippen LogP contribution in [0, 0.1) is 12.8 Å². The second-order valence-corrected chi connectivity index (χ2v) is 11.3. The molecule has 0 atom stereocenters. The molecular weight excluding hydrogens is 514 g/mol. The zero-order chi connectivity index (χ0) is 27.9. The highest BCUT2D eigenvalue weighted by atomic mass is 32.1. The van der Waals surface area contributed by atoms with E-state index in [2.05, 4.69) is 0 Å². The van der Waals surface area contributed by atoms with Crippen molar-refractivity contribution in [1.29, 1.82) is 0 Å². The standard InChI is InChI=1S/C30H37N3O5S/c1-3-32(23-8-6-7-21(2)17-23)29(36)20-33-24-13-16-39-27(24)19-25(33)26(34)18-22-11-14-31(15-12-22)28(35)9-4-5-10-30(37)38/h6-8,13,16-17,19,22H,3-5,9-12,14-15,18,20H2,1-2H3,(H,37,38). The average Bonchev–Trinajstić information content (AvgIpc) is 3.50. The number of aryl methyl sites for hydroxylation is 1. The van der Waals surface area contributed by atoms with Crippen molar-refractivity contribution >= 4 is 50.8 Å². The molecule has 2 amide bonds. The van der Waals surface area contributed by atoms with E-state index in [0.29, 0.717) is 51.0 Å². The van der Waals surface area contributed by atoms with Crippen molar-refractivity contribution in [2.75, 3.05) is 24.5 Å². The van der Waals surface area contributed by atoms with Gasteiger partial charge in [-0.3, -0.25) is 19.2 Å². The lowest BCUT2D eigenvalue weighted by atomic mass is 9.90. The summed E-state index contributed by atoms with van der Waals surface area (Å²) in [5.41, 5.74) is 3.41. The molecule has 0 aliphatic carbocycles. The van der Waals surface area contributed by atoms with Gasteiger partial charge in [-0.15, -0.1) is 11.3 Å². The van der Waals surface area contributed by atoms with Crippen LogP contribution in [0.3, 0.4) is 0 Å². The highest BCUT2D eigenvalue weighted by Gasteiger charge is 2.27. The number of likely N-dealkylation sites (N-methyl/N-ethyl adjacent to an activating group) is 1. The fourth-order valence-corrected chi connectivity index (χ4v) is 6.18. The molecule has 1 N–H and O–H groups in total. The van der Waals surface area contributed by atoms with Gasteiger partial charge in [0.15, 0.2) is 5.78 Å². The number of nitrogens with zero attached hydrogens (tertiary/aromatic N) is 3. The van der Waals surface area contributed by atoms with Crippen molar-refractivity contribution in [2.24, 2.45) is 5.92 Å². The number of thiophene rings is 1. The Morgan fingerprint density at radius 3 is 2.49 bits per heavy atom. The van der Waals surface area contributed by atoms with Gasteiger partial charge >= 0.3 is 5.97 Å². The Bertz CT molecular complexity index is 1340. The number of fused-ring (bicyclic) bond motifs is 1. The number of hydrogen-bond acceptors (Lipinski definition) is 5. The molecule has 4 rings (SSSR count). The van der Waals surface area contributed by atoms with Gasteiger partial charge in [0.1, 0.15) is 6.54 Å². The van der Waals surface area contributed by atoms with Crippen LogP contribution in [0.1, 0.15) is 67.9 Å². The van der Waals surface area contributed by atoms with Gasteiger partial charge in [-0.1, -0.05) is 12.1 Å². The van der Waals surface area contributed by atoms with Gasteiger partial charge < -0.3 is 19.5 Å². The molecule has 1 saturated heterocycles. The van der Waals surface area contributed by atoms with Crippen LogP contribution in [0.25, 0.3) is 10.2 Å².